The Morgan fingerprint density at radius 3 is 2.63 bits per heavy atom. The maximum Gasteiger partial charge on any atom is 0.301 e. The molecule has 1 saturated heterocycles. The number of benzene rings is 3. The number of aryl methyl sites for hydroxylation is 2. The van der Waals surface area contributed by atoms with Crippen LogP contribution in [0.1, 0.15) is 27.9 Å². The van der Waals surface area contributed by atoms with E-state index in [1.54, 1.807) is 24.4 Å². The Morgan fingerprint density at radius 1 is 1.00 bits per heavy atom. The molecule has 0 bridgehead atoms. The van der Waals surface area contributed by atoms with Crippen molar-refractivity contribution in [3.63, 3.8) is 0 Å². The van der Waals surface area contributed by atoms with Gasteiger partial charge in [-0.2, -0.15) is 13.1 Å². The van der Waals surface area contributed by atoms with Gasteiger partial charge >= 0.3 is 10.2 Å². The van der Waals surface area contributed by atoms with Gasteiger partial charge in [-0.3, -0.25) is 14.1 Å². The van der Waals surface area contributed by atoms with Crippen LogP contribution in [0.15, 0.2) is 72.9 Å². The van der Waals surface area contributed by atoms with E-state index >= 15 is 0 Å². The van der Waals surface area contributed by atoms with E-state index in [-0.39, 0.29) is 5.91 Å². The van der Waals surface area contributed by atoms with Gasteiger partial charge in [0.05, 0.1) is 11.4 Å². The molecule has 1 fully saturated rings. The Bertz CT molecular complexity index is 1540. The summed E-state index contributed by atoms with van der Waals surface area (Å²) >= 11 is 0. The highest BCUT2D eigenvalue weighted by Gasteiger charge is 2.26. The number of aromatic nitrogens is 1. The third-order valence-electron chi connectivity index (χ3n) is 6.28. The van der Waals surface area contributed by atoms with Crippen LogP contribution in [-0.2, 0) is 10.2 Å². The smallest absolute Gasteiger partial charge is 0.301 e. The average molecular weight is 487 g/mol. The highest BCUT2D eigenvalue weighted by Crippen LogP contribution is 2.31. The Morgan fingerprint density at radius 2 is 1.83 bits per heavy atom. The fourth-order valence-corrected chi connectivity index (χ4v) is 5.75. The Hall–Kier alpha value is -3.75. The predicted molar refractivity (Wildman–Crippen MR) is 140 cm³/mol. The first-order valence-corrected chi connectivity index (χ1v) is 12.9. The van der Waals surface area contributed by atoms with Crippen LogP contribution >= 0.6 is 0 Å². The molecule has 2 N–H and O–H groups in total. The van der Waals surface area contributed by atoms with Crippen LogP contribution in [0.4, 0.5) is 11.4 Å². The minimum Gasteiger partial charge on any atom is -0.322 e. The Balaban J connectivity index is 1.43. The molecule has 178 valence electrons. The van der Waals surface area contributed by atoms with Crippen LogP contribution in [0.25, 0.3) is 22.0 Å². The molecule has 1 aromatic heterocycles. The summed E-state index contributed by atoms with van der Waals surface area (Å²) in [6.07, 6.45) is 2.52. The molecule has 1 amide bonds. The number of rotatable bonds is 4. The van der Waals surface area contributed by atoms with Gasteiger partial charge < -0.3 is 5.32 Å². The highest BCUT2D eigenvalue weighted by atomic mass is 32.2. The molecule has 5 rings (SSSR count). The second kappa shape index (κ2) is 9.13. The Labute approximate surface area is 205 Å². The number of anilines is 2. The monoisotopic (exact) mass is 486 g/mol. The maximum absolute atomic E-state index is 13.1. The first-order chi connectivity index (χ1) is 16.8. The second-order valence-electron chi connectivity index (χ2n) is 8.69. The maximum atomic E-state index is 13.1. The molecular formula is C27H26N4O3S. The van der Waals surface area contributed by atoms with Crippen molar-refractivity contribution < 1.29 is 13.2 Å². The highest BCUT2D eigenvalue weighted by molar-refractivity contribution is 7.90. The van der Waals surface area contributed by atoms with Gasteiger partial charge in [0.2, 0.25) is 0 Å². The molecule has 4 aromatic rings. The van der Waals surface area contributed by atoms with Crippen molar-refractivity contribution in [1.82, 2.24) is 9.71 Å². The lowest BCUT2D eigenvalue weighted by atomic mass is 9.99. The molecule has 2 heterocycles. The fraction of sp³-hybridized carbons (Fsp3) is 0.185. The molecule has 35 heavy (non-hydrogen) atoms. The van der Waals surface area contributed by atoms with Crippen molar-refractivity contribution >= 4 is 38.3 Å². The number of carbonyl (C=O) groups is 1. The van der Waals surface area contributed by atoms with Crippen LogP contribution in [0.3, 0.4) is 0 Å². The number of amides is 1. The van der Waals surface area contributed by atoms with E-state index < -0.39 is 10.2 Å². The topological polar surface area (TPSA) is 91.4 Å². The lowest BCUT2D eigenvalue weighted by Crippen LogP contribution is -2.47. The van der Waals surface area contributed by atoms with E-state index in [1.807, 2.05) is 56.3 Å². The van der Waals surface area contributed by atoms with Crippen LogP contribution in [0, 0.1) is 13.8 Å². The first-order valence-electron chi connectivity index (χ1n) is 11.5. The molecule has 3 aromatic carbocycles. The molecule has 0 spiro atoms. The lowest BCUT2D eigenvalue weighted by Gasteiger charge is -2.29. The summed E-state index contributed by atoms with van der Waals surface area (Å²) in [4.78, 5) is 17.7. The van der Waals surface area contributed by atoms with E-state index in [0.29, 0.717) is 35.6 Å². The van der Waals surface area contributed by atoms with Crippen molar-refractivity contribution in [3.8, 4) is 11.3 Å². The SMILES string of the molecule is Cc1cc(N2CCCNS2(=O)=O)ccc1C(=O)Nc1ccc(C)c(-c2nccc3ccccc23)c1. The minimum atomic E-state index is -3.55. The van der Waals surface area contributed by atoms with Crippen LogP contribution in [0.2, 0.25) is 0 Å². The van der Waals surface area contributed by atoms with E-state index in [0.717, 1.165) is 34.0 Å². The molecule has 0 saturated carbocycles. The zero-order valence-electron chi connectivity index (χ0n) is 19.6. The van der Waals surface area contributed by atoms with Gasteiger partial charge in [-0.1, -0.05) is 30.3 Å². The third-order valence-corrected chi connectivity index (χ3v) is 7.82. The molecule has 0 aliphatic carbocycles. The van der Waals surface area contributed by atoms with E-state index in [9.17, 15) is 13.2 Å². The molecule has 0 radical (unpaired) electrons. The summed E-state index contributed by atoms with van der Waals surface area (Å²) in [5.41, 5.74) is 5.28. The van der Waals surface area contributed by atoms with E-state index in [4.69, 9.17) is 0 Å². The number of hydrogen-bond donors (Lipinski definition) is 2. The molecule has 1 aliphatic rings. The second-order valence-corrected chi connectivity index (χ2v) is 10.4. The molecular weight excluding hydrogens is 460 g/mol. The zero-order valence-corrected chi connectivity index (χ0v) is 20.4. The van der Waals surface area contributed by atoms with Gasteiger partial charge in [0.1, 0.15) is 0 Å². The van der Waals surface area contributed by atoms with Crippen molar-refractivity contribution in [1.29, 1.82) is 0 Å². The standard InChI is InChI=1S/C27H26N4O3S/c1-18-8-9-21(17-25(18)26-24-7-4-3-6-20(24)12-14-28-26)30-27(32)23-11-10-22(16-19(23)2)31-15-5-13-29-35(31,33)34/h3-4,6-12,14,16-17,29H,5,13,15H2,1-2H3,(H,30,32). The van der Waals surface area contributed by atoms with Gasteiger partial charge in [0.25, 0.3) is 5.91 Å². The largest absolute Gasteiger partial charge is 0.322 e. The van der Waals surface area contributed by atoms with Gasteiger partial charge in [-0.05, 0) is 73.2 Å². The third kappa shape index (κ3) is 4.50. The number of hydrogen-bond acceptors (Lipinski definition) is 4. The van der Waals surface area contributed by atoms with Gasteiger partial charge in [0, 0.05) is 41.5 Å². The molecule has 1 aliphatic heterocycles. The Kier molecular flexibility index (Phi) is 6.00. The summed E-state index contributed by atoms with van der Waals surface area (Å²) in [7, 11) is -3.55. The van der Waals surface area contributed by atoms with Gasteiger partial charge in [0.15, 0.2) is 0 Å². The van der Waals surface area contributed by atoms with Crippen molar-refractivity contribution in [2.45, 2.75) is 20.3 Å². The molecule has 8 heteroatoms. The van der Waals surface area contributed by atoms with Gasteiger partial charge in [-0.25, -0.2) is 0 Å². The number of nitrogens with zero attached hydrogens (tertiary/aromatic N) is 2. The average Bonchev–Trinajstić information content (AvgIpc) is 2.84. The summed E-state index contributed by atoms with van der Waals surface area (Å²) in [5, 5.41) is 5.14. The van der Waals surface area contributed by atoms with E-state index in [2.05, 4.69) is 21.1 Å². The first kappa shape index (κ1) is 23.0. The summed E-state index contributed by atoms with van der Waals surface area (Å²) in [6.45, 7) is 4.68. The lowest BCUT2D eigenvalue weighted by molar-refractivity contribution is 0.102. The minimum absolute atomic E-state index is 0.255. The van der Waals surface area contributed by atoms with Gasteiger partial charge in [-0.15, -0.1) is 0 Å². The van der Waals surface area contributed by atoms with Crippen LogP contribution < -0.4 is 14.3 Å². The summed E-state index contributed by atoms with van der Waals surface area (Å²) in [6, 6.07) is 20.9. The van der Waals surface area contributed by atoms with Crippen molar-refractivity contribution in [2.75, 3.05) is 22.7 Å². The van der Waals surface area contributed by atoms with Crippen LogP contribution in [-0.4, -0.2) is 32.4 Å². The summed E-state index contributed by atoms with van der Waals surface area (Å²) in [5.74, 6) is -0.255. The predicted octanol–water partition coefficient (Wildman–Crippen LogP) is 4.82. The molecule has 0 unspecified atom stereocenters. The fourth-order valence-electron chi connectivity index (χ4n) is 4.44. The number of nitrogens with one attached hydrogen (secondary N) is 2. The zero-order chi connectivity index (χ0) is 24.6. The van der Waals surface area contributed by atoms with E-state index in [1.165, 1.54) is 4.31 Å². The van der Waals surface area contributed by atoms with Crippen LogP contribution in [0.5, 0.6) is 0 Å². The van der Waals surface area contributed by atoms with Crippen molar-refractivity contribution in [3.05, 3.63) is 89.6 Å². The summed E-state index contributed by atoms with van der Waals surface area (Å²) < 4.78 is 28.6. The number of pyridine rings is 1. The van der Waals surface area contributed by atoms with Crippen molar-refractivity contribution in [2.24, 2.45) is 0 Å². The molecule has 0 atom stereocenters. The normalized spacial score (nSPS) is 15.2. The number of fused-ring (bicyclic) bond motifs is 1. The molecule has 7 nitrogen and oxygen atoms in total. The number of carbonyl (C=O) groups excluding carboxylic acids is 1. The quantitative estimate of drug-likeness (QED) is 0.433.